The van der Waals surface area contributed by atoms with Gasteiger partial charge in [0, 0.05) is 147 Å². The minimum absolute atomic E-state index is 0.0686. The van der Waals surface area contributed by atoms with Gasteiger partial charge in [-0.25, -0.2) is 29.9 Å². The minimum Gasteiger partial charge on any atom is -0.481 e. The second-order valence-corrected chi connectivity index (χ2v) is 26.9. The van der Waals surface area contributed by atoms with Gasteiger partial charge in [0.05, 0.1) is 42.0 Å². The molecular weight excluding hydrogens is 1340 g/mol. The number of pyridine rings is 3. The maximum absolute atomic E-state index is 12.7. The summed E-state index contributed by atoms with van der Waals surface area (Å²) in [6.45, 7) is 10.0. The highest BCUT2D eigenvalue weighted by Gasteiger charge is 2.25. The van der Waals surface area contributed by atoms with Crippen molar-refractivity contribution in [2.45, 2.75) is 78.7 Å². The van der Waals surface area contributed by atoms with Crippen molar-refractivity contribution in [2.75, 3.05) is 27.4 Å². The van der Waals surface area contributed by atoms with Crippen LogP contribution in [0.5, 0.6) is 11.8 Å². The van der Waals surface area contributed by atoms with Crippen molar-refractivity contribution in [3.8, 4) is 102 Å². The molecule has 0 spiro atoms. The third-order valence-electron chi connectivity index (χ3n) is 18.1. The fourth-order valence-electron chi connectivity index (χ4n) is 12.5. The van der Waals surface area contributed by atoms with Gasteiger partial charge in [-0.3, -0.25) is 50.4 Å². The molecule has 12 heterocycles. The summed E-state index contributed by atoms with van der Waals surface area (Å²) in [5, 5.41) is 66.0. The molecule has 5 aromatic carbocycles. The number of nitrogens with zero attached hydrogens (tertiary/aromatic N) is 14. The van der Waals surface area contributed by atoms with Crippen molar-refractivity contribution in [1.82, 2.24) is 122 Å². The number of aromatic amines is 9. The fraction of sp³-hybridized carbons (Fsp3) is 0.247. The Hall–Kier alpha value is -13.2. The summed E-state index contributed by atoms with van der Waals surface area (Å²) in [5.74, 6) is 8.47. The number of hydrogen-bond donors (Lipinski definition) is 10. The zero-order chi connectivity index (χ0) is 72.6. The van der Waals surface area contributed by atoms with Crippen molar-refractivity contribution < 1.29 is 19.0 Å². The van der Waals surface area contributed by atoms with E-state index in [4.69, 9.17) is 14.2 Å². The van der Waals surface area contributed by atoms with E-state index < -0.39 is 0 Å². The normalized spacial score (nSPS) is 13.0. The molecule has 1 amide bonds. The number of rotatable bonds is 18. The lowest BCUT2D eigenvalue weighted by molar-refractivity contribution is 0.0696. The van der Waals surface area contributed by atoms with Gasteiger partial charge in [-0.1, -0.05) is 39.8 Å². The molecule has 16 aromatic rings. The number of amides is 1. The molecule has 10 N–H and O–H groups in total. The first-order valence-electron chi connectivity index (χ1n) is 35.0. The number of fused-ring (bicyclic) bond motifs is 4. The van der Waals surface area contributed by atoms with E-state index in [9.17, 15) is 9.59 Å². The molecule has 29 nitrogen and oxygen atoms in total. The van der Waals surface area contributed by atoms with Crippen LogP contribution in [0.1, 0.15) is 81.2 Å². The van der Waals surface area contributed by atoms with Crippen LogP contribution in [0.4, 0.5) is 0 Å². The molecule has 1 aliphatic heterocycles. The lowest BCUT2D eigenvalue weighted by atomic mass is 10.0. The Balaban J connectivity index is 0.000000113. The first-order valence-corrected chi connectivity index (χ1v) is 35.0. The molecule has 0 atom stereocenters. The van der Waals surface area contributed by atoms with E-state index >= 15 is 0 Å². The van der Waals surface area contributed by atoms with Crippen LogP contribution >= 0.6 is 0 Å². The Kier molecular flexibility index (Phi) is 19.9. The number of benzene rings is 5. The van der Waals surface area contributed by atoms with Gasteiger partial charge in [0.2, 0.25) is 17.3 Å². The van der Waals surface area contributed by atoms with E-state index in [-0.39, 0.29) is 17.5 Å². The quantitative estimate of drug-likeness (QED) is 0.0381. The van der Waals surface area contributed by atoms with Crippen LogP contribution in [0.3, 0.4) is 0 Å². The SMILES string of the molecule is CC(C)Cc1nc(-c2ccc3[nH]nc(-c4ccc(=O)[nH]c4)c3c2)n[nH]1.COc1ccc(-c2n[nH]c3ccc(-c4n[nH]c(CC(C)C)n4)cc23)cn1.COc1ccc(-c2n[nH]c3ccc(-c4n[nH]c(CC5CC5)n4)cc23)cn1.O=C(NC1CCOCC1)c1cccc(-c2n[nH]c3ccc(-c4ncn[nH]4)cc23)c1. The van der Waals surface area contributed by atoms with Gasteiger partial charge in [-0.15, -0.1) is 0 Å². The van der Waals surface area contributed by atoms with Gasteiger partial charge in [-0.2, -0.15) is 40.8 Å². The standard InChI is InChI=1S/C21H20N6O2.C19H18N6O.C19H20N6O.C18H18N6O/c28-21(24-16-6-8-29-9-7-16)15-3-1-2-13(10-15)19-17-11-14(20-22-12-23-27-20)4-5-18(17)25-26-19;1-26-17-7-5-13(10-20-17)18-14-9-12(4-6-15(14)22-24-18)19-21-16(23-25-19)8-11-2-3-11;1-11(2)8-16-21-19(25-23-16)12-4-6-15-14(9-12)18(24-22-15)13-5-7-17(26-3)20-10-13;1-10(2)7-15-20-18(24-22-15)11-3-5-14-13(8-11)17(23-21-14)12-4-6-16(25)19-9-12/h1-5,10-12,16H,6-9H2,(H,24,28)(H,25,26)(H,22,23,27);4-7,9-11H,2-3,8H2,1H3,(H,22,24)(H,21,23,25);4-7,9-11H,8H2,1-3H3,(H,22,24)(H,21,23,25);3-6,8-10H,7H2,1-2H3,(H,19,25)(H,21,23)(H,20,22,24). The number of aromatic nitrogens is 23. The summed E-state index contributed by atoms with van der Waals surface area (Å²) in [7, 11) is 3.20. The third kappa shape index (κ3) is 15.7. The van der Waals surface area contributed by atoms with Crippen LogP contribution in [0, 0.1) is 17.8 Å². The predicted molar refractivity (Wildman–Crippen MR) is 402 cm³/mol. The third-order valence-corrected chi connectivity index (χ3v) is 18.1. The number of hydrogen-bond acceptors (Lipinski definition) is 19. The maximum atomic E-state index is 12.7. The molecule has 106 heavy (non-hydrogen) atoms. The number of H-pyrrole nitrogens is 9. The summed E-state index contributed by atoms with van der Waals surface area (Å²) in [5.41, 5.74) is 14.9. The zero-order valence-corrected chi connectivity index (χ0v) is 59.0. The van der Waals surface area contributed by atoms with Crippen LogP contribution < -0.4 is 20.3 Å². The second-order valence-electron chi connectivity index (χ2n) is 26.9. The summed E-state index contributed by atoms with van der Waals surface area (Å²) in [4.78, 5) is 53.3. The summed E-state index contributed by atoms with van der Waals surface area (Å²) in [6.07, 6.45) is 13.7. The molecule has 1 saturated heterocycles. The van der Waals surface area contributed by atoms with Crippen molar-refractivity contribution in [3.05, 3.63) is 192 Å². The summed E-state index contributed by atoms with van der Waals surface area (Å²) < 4.78 is 15.6. The highest BCUT2D eigenvalue weighted by atomic mass is 16.5. The van der Waals surface area contributed by atoms with Crippen LogP contribution in [-0.2, 0) is 24.0 Å². The second kappa shape index (κ2) is 30.8. The van der Waals surface area contributed by atoms with Crippen LogP contribution in [-0.4, -0.2) is 156 Å². The largest absolute Gasteiger partial charge is 0.481 e. The van der Waals surface area contributed by atoms with E-state index in [0.717, 1.165) is 172 Å². The Morgan fingerprint density at radius 2 is 0.943 bits per heavy atom. The average Bonchev–Trinajstić information content (AvgIpc) is 1.65. The highest BCUT2D eigenvalue weighted by molar-refractivity contribution is 6.00. The zero-order valence-electron chi connectivity index (χ0n) is 59.0. The Bertz CT molecular complexity index is 5550. The van der Waals surface area contributed by atoms with E-state index in [0.29, 0.717) is 59.8 Å². The smallest absolute Gasteiger partial charge is 0.251 e. The molecule has 0 unspecified atom stereocenters. The van der Waals surface area contributed by atoms with Gasteiger partial charge in [-0.05, 0) is 147 Å². The molecule has 2 fully saturated rings. The Morgan fingerprint density at radius 3 is 1.40 bits per heavy atom. The van der Waals surface area contributed by atoms with Crippen molar-refractivity contribution in [3.63, 3.8) is 0 Å². The van der Waals surface area contributed by atoms with Gasteiger partial charge >= 0.3 is 0 Å². The minimum atomic E-state index is -0.136. The van der Waals surface area contributed by atoms with Gasteiger partial charge in [0.1, 0.15) is 40.9 Å². The van der Waals surface area contributed by atoms with E-state index in [1.54, 1.807) is 38.9 Å². The van der Waals surface area contributed by atoms with Crippen LogP contribution in [0.15, 0.2) is 163 Å². The van der Waals surface area contributed by atoms with Crippen molar-refractivity contribution in [2.24, 2.45) is 17.8 Å². The number of nitrogens with one attached hydrogen (secondary N) is 10. The first kappa shape index (κ1) is 68.6. The lowest BCUT2D eigenvalue weighted by Crippen LogP contribution is -2.38. The molecule has 534 valence electrons. The fourth-order valence-corrected chi connectivity index (χ4v) is 12.5. The van der Waals surface area contributed by atoms with Crippen molar-refractivity contribution in [1.29, 1.82) is 0 Å². The Morgan fingerprint density at radius 1 is 0.481 bits per heavy atom. The van der Waals surface area contributed by atoms with E-state index in [1.165, 1.54) is 25.2 Å². The molecular formula is C77H76N24O5. The maximum Gasteiger partial charge on any atom is 0.251 e. The van der Waals surface area contributed by atoms with Gasteiger partial charge in [0.15, 0.2) is 23.3 Å². The molecule has 1 aliphatic carbocycles. The first-order chi connectivity index (χ1) is 51.8. The molecule has 18 rings (SSSR count). The number of methoxy groups -OCH3 is 2. The number of carbonyl (C=O) groups is 1. The van der Waals surface area contributed by atoms with E-state index in [1.807, 2.05) is 109 Å². The monoisotopic (exact) mass is 1420 g/mol. The number of ether oxygens (including phenoxy) is 3. The average molecular weight is 1420 g/mol. The van der Waals surface area contributed by atoms with Crippen LogP contribution in [0.25, 0.3) is 134 Å². The van der Waals surface area contributed by atoms with Crippen LogP contribution in [0.2, 0.25) is 0 Å². The molecule has 1 saturated carbocycles. The van der Waals surface area contributed by atoms with Gasteiger partial charge in [0.25, 0.3) is 5.91 Å². The predicted octanol–water partition coefficient (Wildman–Crippen LogP) is 12.8. The summed E-state index contributed by atoms with van der Waals surface area (Å²) in [6, 6.07) is 42.6. The van der Waals surface area contributed by atoms with Crippen molar-refractivity contribution >= 4 is 49.5 Å². The molecule has 11 aromatic heterocycles. The number of carbonyl (C=O) groups excluding carboxylic acids is 1. The molecule has 2 aliphatic rings. The Labute approximate surface area is 605 Å². The van der Waals surface area contributed by atoms with Gasteiger partial charge < -0.3 is 24.5 Å². The molecule has 0 bridgehead atoms. The van der Waals surface area contributed by atoms with E-state index in [2.05, 4.69) is 162 Å². The summed E-state index contributed by atoms with van der Waals surface area (Å²) >= 11 is 0. The molecule has 29 heteroatoms. The molecule has 0 radical (unpaired) electrons. The topological polar surface area (TPSA) is 396 Å². The highest BCUT2D eigenvalue weighted by Crippen LogP contribution is 2.36. The lowest BCUT2D eigenvalue weighted by Gasteiger charge is -2.23.